The molecule has 0 saturated heterocycles. The number of rotatable bonds is 4. The molecule has 7 heteroatoms. The van der Waals surface area contributed by atoms with Crippen molar-refractivity contribution in [3.05, 3.63) is 36.0 Å². The number of fused-ring (bicyclic) bond motifs is 1. The summed E-state index contributed by atoms with van der Waals surface area (Å²) in [5.74, 6) is 2.51. The average molecular weight is 293 g/mol. The third-order valence-corrected chi connectivity index (χ3v) is 4.15. The number of para-hydroxylation sites is 1. The van der Waals surface area contributed by atoms with E-state index in [9.17, 15) is 0 Å². The summed E-state index contributed by atoms with van der Waals surface area (Å²) in [4.78, 5) is 5.46. The van der Waals surface area contributed by atoms with Crippen LogP contribution in [0.3, 0.4) is 0 Å². The van der Waals surface area contributed by atoms with Crippen LogP contribution < -0.4 is 10.5 Å². The lowest BCUT2D eigenvalue weighted by atomic mass is 10.3. The predicted octanol–water partition coefficient (Wildman–Crippen LogP) is 1.94. The maximum absolute atomic E-state index is 5.90. The molecule has 2 heterocycles. The fourth-order valence-corrected chi connectivity index (χ4v) is 2.93. The third kappa shape index (κ3) is 2.52. The molecule has 2 unspecified atom stereocenters. The lowest BCUT2D eigenvalue weighted by Gasteiger charge is -2.22. The zero-order valence-corrected chi connectivity index (χ0v) is 11.8. The van der Waals surface area contributed by atoms with Crippen molar-refractivity contribution in [1.82, 2.24) is 10.1 Å². The van der Waals surface area contributed by atoms with Crippen LogP contribution >= 0.6 is 11.8 Å². The first-order valence-corrected chi connectivity index (χ1v) is 7.25. The number of methoxy groups -OCH3 is 1. The van der Waals surface area contributed by atoms with Gasteiger partial charge >= 0.3 is 0 Å². The Labute approximate surface area is 120 Å². The number of thioether (sulfide) groups is 1. The highest BCUT2D eigenvalue weighted by molar-refractivity contribution is 7.99. The van der Waals surface area contributed by atoms with Gasteiger partial charge in [-0.1, -0.05) is 17.3 Å². The number of nitrogens with zero attached hydrogens (tertiary/aromatic N) is 2. The minimum atomic E-state index is -0.375. The number of hydrogen-bond donors (Lipinski definition) is 1. The maximum Gasteiger partial charge on any atom is 0.257 e. The van der Waals surface area contributed by atoms with Gasteiger partial charge in [-0.15, -0.1) is 11.8 Å². The van der Waals surface area contributed by atoms with Gasteiger partial charge in [-0.25, -0.2) is 0 Å². The summed E-state index contributed by atoms with van der Waals surface area (Å²) in [5, 5.41) is 3.97. The van der Waals surface area contributed by atoms with Crippen LogP contribution in [0.1, 0.15) is 23.9 Å². The Bertz CT molecular complexity index is 586. The van der Waals surface area contributed by atoms with E-state index in [1.165, 1.54) is 0 Å². The molecule has 0 amide bonds. The van der Waals surface area contributed by atoms with Crippen molar-refractivity contribution in [2.75, 3.05) is 19.4 Å². The quantitative estimate of drug-likeness (QED) is 0.922. The average Bonchev–Trinajstić information content (AvgIpc) is 2.98. The van der Waals surface area contributed by atoms with Crippen LogP contribution in [-0.2, 0) is 4.74 Å². The highest BCUT2D eigenvalue weighted by Crippen LogP contribution is 2.39. The van der Waals surface area contributed by atoms with Gasteiger partial charge in [0, 0.05) is 24.3 Å². The predicted molar refractivity (Wildman–Crippen MR) is 73.6 cm³/mol. The van der Waals surface area contributed by atoms with Gasteiger partial charge in [0.25, 0.3) is 5.89 Å². The van der Waals surface area contributed by atoms with Gasteiger partial charge < -0.3 is 19.7 Å². The molecular weight excluding hydrogens is 278 g/mol. The molecule has 0 fully saturated rings. The smallest absolute Gasteiger partial charge is 0.257 e. The van der Waals surface area contributed by atoms with Crippen LogP contribution in [0.5, 0.6) is 5.75 Å². The standard InChI is InChI=1S/C13H15N3O3S/c1-17-9(6-14)13-15-12(16-19-13)10-7-20-11-5-3-2-4-8(11)18-10/h2-5,9-10H,6-7,14H2,1H3. The number of hydrogen-bond acceptors (Lipinski definition) is 7. The second-order valence-corrected chi connectivity index (χ2v) is 5.38. The summed E-state index contributed by atoms with van der Waals surface area (Å²) in [5.41, 5.74) is 5.58. The van der Waals surface area contributed by atoms with Crippen molar-refractivity contribution < 1.29 is 14.0 Å². The van der Waals surface area contributed by atoms with E-state index in [4.69, 9.17) is 19.7 Å². The van der Waals surface area contributed by atoms with Crippen LogP contribution in [0.15, 0.2) is 33.7 Å². The van der Waals surface area contributed by atoms with Crippen molar-refractivity contribution in [3.63, 3.8) is 0 Å². The monoisotopic (exact) mass is 293 g/mol. The van der Waals surface area contributed by atoms with E-state index in [0.717, 1.165) is 16.4 Å². The number of aromatic nitrogens is 2. The van der Waals surface area contributed by atoms with Gasteiger partial charge in [0.1, 0.15) is 11.9 Å². The molecule has 3 rings (SSSR count). The van der Waals surface area contributed by atoms with Gasteiger partial charge in [0.2, 0.25) is 5.82 Å². The summed E-state index contributed by atoms with van der Waals surface area (Å²) in [6.07, 6.45) is -0.595. The topological polar surface area (TPSA) is 83.4 Å². The summed E-state index contributed by atoms with van der Waals surface area (Å²) in [7, 11) is 1.56. The second kappa shape index (κ2) is 5.82. The Morgan fingerprint density at radius 1 is 1.50 bits per heavy atom. The summed E-state index contributed by atoms with van der Waals surface area (Å²) in [6.45, 7) is 0.293. The number of benzene rings is 1. The van der Waals surface area contributed by atoms with Crippen molar-refractivity contribution in [2.24, 2.45) is 5.73 Å². The van der Waals surface area contributed by atoms with Crippen LogP contribution in [0.25, 0.3) is 0 Å². The third-order valence-electron chi connectivity index (χ3n) is 3.03. The van der Waals surface area contributed by atoms with Gasteiger partial charge in [-0.3, -0.25) is 0 Å². The molecule has 106 valence electrons. The highest BCUT2D eigenvalue weighted by Gasteiger charge is 2.27. The van der Waals surface area contributed by atoms with E-state index in [1.54, 1.807) is 18.9 Å². The summed E-state index contributed by atoms with van der Waals surface area (Å²) >= 11 is 1.72. The first kappa shape index (κ1) is 13.4. The van der Waals surface area contributed by atoms with Crippen molar-refractivity contribution in [2.45, 2.75) is 17.1 Å². The van der Waals surface area contributed by atoms with Crippen molar-refractivity contribution >= 4 is 11.8 Å². The zero-order valence-electron chi connectivity index (χ0n) is 11.0. The van der Waals surface area contributed by atoms with E-state index < -0.39 is 0 Å². The van der Waals surface area contributed by atoms with E-state index in [-0.39, 0.29) is 12.2 Å². The fourth-order valence-electron chi connectivity index (χ4n) is 1.95. The molecule has 1 aromatic heterocycles. The van der Waals surface area contributed by atoms with Gasteiger partial charge in [0.05, 0.1) is 0 Å². The largest absolute Gasteiger partial charge is 0.480 e. The van der Waals surface area contributed by atoms with Crippen molar-refractivity contribution in [1.29, 1.82) is 0 Å². The first-order chi connectivity index (χ1) is 9.81. The SMILES string of the molecule is COC(CN)c1nc(C2CSc3ccccc3O2)no1. The molecule has 6 nitrogen and oxygen atoms in total. The fraction of sp³-hybridized carbons (Fsp3) is 0.385. The lowest BCUT2D eigenvalue weighted by Crippen LogP contribution is -2.17. The van der Waals surface area contributed by atoms with Gasteiger partial charge in [-0.2, -0.15) is 4.98 Å². The molecule has 20 heavy (non-hydrogen) atoms. The highest BCUT2D eigenvalue weighted by atomic mass is 32.2. The zero-order chi connectivity index (χ0) is 13.9. The first-order valence-electron chi connectivity index (χ1n) is 6.26. The normalized spacial score (nSPS) is 19.2. The molecule has 1 aromatic carbocycles. The summed E-state index contributed by atoms with van der Waals surface area (Å²) in [6, 6.07) is 7.91. The molecule has 0 spiro atoms. The molecule has 1 aliphatic rings. The molecule has 1 aliphatic heterocycles. The molecule has 0 aliphatic carbocycles. The Hall–Kier alpha value is -1.57. The van der Waals surface area contributed by atoms with Crippen LogP contribution in [0.2, 0.25) is 0 Å². The Balaban J connectivity index is 1.78. The minimum Gasteiger partial charge on any atom is -0.480 e. The van der Waals surface area contributed by atoms with E-state index in [2.05, 4.69) is 10.1 Å². The Morgan fingerprint density at radius 3 is 3.15 bits per heavy atom. The van der Waals surface area contributed by atoms with E-state index in [0.29, 0.717) is 18.3 Å². The van der Waals surface area contributed by atoms with Crippen LogP contribution in [-0.4, -0.2) is 29.5 Å². The second-order valence-electron chi connectivity index (χ2n) is 4.32. The molecule has 2 atom stereocenters. The molecule has 2 N–H and O–H groups in total. The van der Waals surface area contributed by atoms with E-state index >= 15 is 0 Å². The minimum absolute atomic E-state index is 0.220. The molecule has 2 aromatic rings. The molecular formula is C13H15N3O3S. The molecule has 0 saturated carbocycles. The van der Waals surface area contributed by atoms with Gasteiger partial charge in [0.15, 0.2) is 6.10 Å². The van der Waals surface area contributed by atoms with Gasteiger partial charge in [-0.05, 0) is 12.1 Å². The lowest BCUT2D eigenvalue weighted by molar-refractivity contribution is 0.0803. The number of nitrogens with two attached hydrogens (primary N) is 1. The molecule has 0 radical (unpaired) electrons. The molecule has 0 bridgehead atoms. The van der Waals surface area contributed by atoms with Crippen LogP contribution in [0.4, 0.5) is 0 Å². The van der Waals surface area contributed by atoms with Crippen molar-refractivity contribution in [3.8, 4) is 5.75 Å². The maximum atomic E-state index is 5.90. The Morgan fingerprint density at radius 2 is 2.35 bits per heavy atom. The number of ether oxygens (including phenoxy) is 2. The van der Waals surface area contributed by atoms with Crippen LogP contribution in [0, 0.1) is 0 Å². The Kier molecular flexibility index (Phi) is 3.90. The summed E-state index contributed by atoms with van der Waals surface area (Å²) < 4.78 is 16.3. The van der Waals surface area contributed by atoms with E-state index in [1.807, 2.05) is 24.3 Å².